The summed E-state index contributed by atoms with van der Waals surface area (Å²) in [6, 6.07) is 39.6. The summed E-state index contributed by atoms with van der Waals surface area (Å²) in [6.45, 7) is 1.32. The number of aliphatic carboxylic acids is 1. The van der Waals surface area contributed by atoms with Crippen molar-refractivity contribution in [2.24, 2.45) is 11.7 Å². The van der Waals surface area contributed by atoms with E-state index in [2.05, 4.69) is 0 Å². The number of rotatable bonds is 14. The van der Waals surface area contributed by atoms with E-state index in [0.717, 1.165) is 44.5 Å². The number of hydrogen-bond acceptors (Lipinski definition) is 13. The Hall–Kier alpha value is -6.80. The maximum Gasteiger partial charge on any atom is 0.306 e. The zero-order valence-corrected chi connectivity index (χ0v) is 40.4. The van der Waals surface area contributed by atoms with Gasteiger partial charge in [-0.15, -0.1) is 0 Å². The Morgan fingerprint density at radius 3 is 1.32 bits per heavy atom. The zero-order chi connectivity index (χ0) is 49.6. The number of carboxylic acids is 1. The van der Waals surface area contributed by atoms with E-state index >= 15 is 0 Å². The lowest BCUT2D eigenvalue weighted by Crippen LogP contribution is -2.36. The first kappa shape index (κ1) is 50.1. The van der Waals surface area contributed by atoms with Crippen LogP contribution >= 0.6 is 0 Å². The van der Waals surface area contributed by atoms with Crippen LogP contribution in [0.5, 0.6) is 0 Å². The Morgan fingerprint density at radius 2 is 0.957 bits per heavy atom. The Morgan fingerprint density at radius 1 is 0.580 bits per heavy atom. The van der Waals surface area contributed by atoms with Crippen molar-refractivity contribution in [2.45, 2.75) is 60.4 Å². The molecule has 69 heavy (non-hydrogen) atoms. The Bertz CT molecular complexity index is 3050. The molecule has 18 heteroatoms. The van der Waals surface area contributed by atoms with E-state index in [1.807, 2.05) is 60.7 Å². The van der Waals surface area contributed by atoms with Gasteiger partial charge in [-0.2, -0.15) is 8.61 Å². The normalized spacial score (nSPS) is 14.8. The van der Waals surface area contributed by atoms with Gasteiger partial charge < -0.3 is 31.3 Å². The molecule has 0 spiro atoms. The van der Waals surface area contributed by atoms with Crippen LogP contribution in [0.3, 0.4) is 0 Å². The summed E-state index contributed by atoms with van der Waals surface area (Å²) < 4.78 is 60.6. The molecule has 0 amide bonds. The second-order valence-electron chi connectivity index (χ2n) is 17.2. The molecule has 362 valence electrons. The SMILES string of the molecule is CN(N)c1ccc(C(CC(=O)O)c2ccc3c(c2)CN(S(=O)(=O)c2ccccc2)CC3)cc1N.COC(=O)CC(c1ccc(N(C)N)c(N)c1)c1ccc2c(c1)CN(S(=O)(=O)c1ccccc1)CC2. The number of sulfonamides is 2. The molecule has 0 bridgehead atoms. The van der Waals surface area contributed by atoms with Crippen LogP contribution in [0.2, 0.25) is 0 Å². The number of carbonyl (C=O) groups excluding carboxylic acids is 1. The predicted octanol–water partition coefficient (Wildman–Crippen LogP) is 5.95. The van der Waals surface area contributed by atoms with E-state index in [4.69, 9.17) is 27.9 Å². The molecule has 16 nitrogen and oxygen atoms in total. The van der Waals surface area contributed by atoms with Crippen LogP contribution in [-0.2, 0) is 60.3 Å². The van der Waals surface area contributed by atoms with Crippen LogP contribution in [0.4, 0.5) is 22.7 Å². The van der Waals surface area contributed by atoms with Gasteiger partial charge >= 0.3 is 11.9 Å². The summed E-state index contributed by atoms with van der Waals surface area (Å²) >= 11 is 0. The van der Waals surface area contributed by atoms with Gasteiger partial charge in [0.25, 0.3) is 0 Å². The molecule has 6 aromatic carbocycles. The molecule has 0 radical (unpaired) electrons. The lowest BCUT2D eigenvalue weighted by molar-refractivity contribution is -0.141. The highest BCUT2D eigenvalue weighted by molar-refractivity contribution is 7.89. The maximum absolute atomic E-state index is 13.2. The standard InChI is InChI=1S/C26H30N4O4S.C25H28N4O4S/c1-29(28)25-11-10-20(15-24(25)27)23(16-26(31)34-2)19-9-8-18-12-13-30(17-21(18)14-19)35(32,33)22-6-4-3-5-7-22;1-28(27)24-10-9-19(14-23(24)26)22(15-25(30)31)18-8-7-17-11-12-29(16-20(17)13-18)34(32,33)21-5-3-2-4-6-21/h3-11,14-15,23H,12-13,16-17,27-28H2,1-2H3;2-10,13-14,22H,11-12,15-16,26-27H2,1H3,(H,30,31). The molecule has 8 rings (SSSR count). The van der Waals surface area contributed by atoms with Crippen LogP contribution in [0.1, 0.15) is 69.2 Å². The van der Waals surface area contributed by atoms with Crippen LogP contribution in [-0.4, -0.2) is 76.8 Å². The largest absolute Gasteiger partial charge is 0.481 e. The first-order valence-electron chi connectivity index (χ1n) is 22.3. The van der Waals surface area contributed by atoms with Crippen molar-refractivity contribution in [1.82, 2.24) is 8.61 Å². The number of ether oxygens (including phenoxy) is 1. The molecule has 6 aromatic rings. The van der Waals surface area contributed by atoms with Crippen molar-refractivity contribution in [3.05, 3.63) is 178 Å². The fraction of sp³-hybridized carbons (Fsp3) is 0.255. The first-order chi connectivity index (χ1) is 32.9. The minimum atomic E-state index is -3.62. The van der Waals surface area contributed by atoms with E-state index < -0.39 is 31.9 Å². The summed E-state index contributed by atoms with van der Waals surface area (Å²) in [5.74, 6) is 9.61. The molecule has 9 N–H and O–H groups in total. The molecule has 2 aliphatic heterocycles. The topological polar surface area (TPSA) is 249 Å². The predicted molar refractivity (Wildman–Crippen MR) is 268 cm³/mol. The summed E-state index contributed by atoms with van der Waals surface area (Å²) in [7, 11) is -2.48. The third kappa shape index (κ3) is 11.4. The highest BCUT2D eigenvalue weighted by atomic mass is 32.2. The van der Waals surface area contributed by atoms with Gasteiger partial charge in [-0.1, -0.05) is 84.9 Å². The summed E-state index contributed by atoms with van der Waals surface area (Å²) in [4.78, 5) is 24.5. The molecule has 0 saturated heterocycles. The molecule has 0 fully saturated rings. The van der Waals surface area contributed by atoms with Crippen molar-refractivity contribution in [1.29, 1.82) is 0 Å². The fourth-order valence-corrected chi connectivity index (χ4v) is 11.8. The maximum atomic E-state index is 13.2. The van der Waals surface area contributed by atoms with Gasteiger partial charge in [0.15, 0.2) is 0 Å². The van der Waals surface area contributed by atoms with E-state index in [-0.39, 0.29) is 47.6 Å². The number of carbonyl (C=O) groups is 2. The van der Waals surface area contributed by atoms with Gasteiger partial charge in [0.2, 0.25) is 20.0 Å². The minimum Gasteiger partial charge on any atom is -0.481 e. The van der Waals surface area contributed by atoms with Crippen molar-refractivity contribution in [3.63, 3.8) is 0 Å². The number of methoxy groups -OCH3 is 1. The lowest BCUT2D eigenvalue weighted by atomic mass is 9.85. The Labute approximate surface area is 403 Å². The first-order valence-corrected chi connectivity index (χ1v) is 25.1. The van der Waals surface area contributed by atoms with Gasteiger partial charge in [-0.25, -0.2) is 28.5 Å². The number of carboxylic acid groups (broad SMARTS) is 1. The number of anilines is 4. The van der Waals surface area contributed by atoms with Gasteiger partial charge in [0.05, 0.1) is 52.5 Å². The molecule has 2 unspecified atom stereocenters. The number of benzene rings is 6. The van der Waals surface area contributed by atoms with Crippen molar-refractivity contribution in [2.75, 3.05) is 55.8 Å². The lowest BCUT2D eigenvalue weighted by Gasteiger charge is -2.29. The fourth-order valence-electron chi connectivity index (χ4n) is 8.93. The highest BCUT2D eigenvalue weighted by Gasteiger charge is 2.31. The van der Waals surface area contributed by atoms with Gasteiger partial charge in [0.1, 0.15) is 0 Å². The third-order valence-corrected chi connectivity index (χ3v) is 16.3. The molecule has 2 heterocycles. The van der Waals surface area contributed by atoms with Crippen molar-refractivity contribution < 1.29 is 36.3 Å². The second kappa shape index (κ2) is 21.2. The van der Waals surface area contributed by atoms with E-state index in [0.29, 0.717) is 48.7 Å². The van der Waals surface area contributed by atoms with Crippen molar-refractivity contribution in [3.8, 4) is 0 Å². The molecule has 0 aromatic heterocycles. The number of nitrogens with two attached hydrogens (primary N) is 4. The quantitative estimate of drug-likeness (QED) is 0.0366. The van der Waals surface area contributed by atoms with E-state index in [1.165, 1.54) is 25.7 Å². The van der Waals surface area contributed by atoms with Gasteiger partial charge in [0, 0.05) is 52.1 Å². The molecule has 2 atom stereocenters. The minimum absolute atomic E-state index is 0.123. The van der Waals surface area contributed by atoms with Crippen LogP contribution in [0.15, 0.2) is 143 Å². The number of hydrazine groups is 2. The van der Waals surface area contributed by atoms with Crippen molar-refractivity contribution >= 4 is 54.7 Å². The monoisotopic (exact) mass is 974 g/mol. The molecule has 2 aliphatic rings. The summed E-state index contributed by atoms with van der Waals surface area (Å²) in [5, 5.41) is 12.4. The number of nitrogen functional groups attached to an aromatic ring is 2. The highest BCUT2D eigenvalue weighted by Crippen LogP contribution is 2.37. The Kier molecular flexibility index (Phi) is 15.4. The van der Waals surface area contributed by atoms with Gasteiger partial charge in [-0.05, 0) is 106 Å². The van der Waals surface area contributed by atoms with Crippen LogP contribution in [0.25, 0.3) is 0 Å². The zero-order valence-electron chi connectivity index (χ0n) is 38.7. The molecule has 0 aliphatic carbocycles. The van der Waals surface area contributed by atoms with Crippen LogP contribution < -0.4 is 33.2 Å². The number of nitrogens with zero attached hydrogens (tertiary/aromatic N) is 4. The molecular formula is C51H58N8O8S2. The Balaban J connectivity index is 0.000000204. The van der Waals surface area contributed by atoms with E-state index in [1.54, 1.807) is 86.9 Å². The summed E-state index contributed by atoms with van der Waals surface area (Å²) in [6.07, 6.45) is 1.21. The van der Waals surface area contributed by atoms with Crippen LogP contribution in [0, 0.1) is 0 Å². The number of esters is 1. The average Bonchev–Trinajstić information content (AvgIpc) is 3.34. The summed E-state index contributed by atoms with van der Waals surface area (Å²) in [5.41, 5.74) is 21.9. The third-order valence-electron chi connectivity index (χ3n) is 12.6. The van der Waals surface area contributed by atoms with Gasteiger partial charge in [-0.3, -0.25) is 9.59 Å². The van der Waals surface area contributed by atoms with E-state index in [9.17, 15) is 31.5 Å². The number of hydrogen-bond donors (Lipinski definition) is 5. The molecule has 0 saturated carbocycles. The second-order valence-corrected chi connectivity index (χ2v) is 21.1. The smallest absolute Gasteiger partial charge is 0.306 e. The number of fused-ring (bicyclic) bond motifs is 2. The average molecular weight is 975 g/mol. The molecular weight excluding hydrogens is 917 g/mol.